The van der Waals surface area contributed by atoms with Crippen LogP contribution in [0, 0.1) is 17.8 Å². The molecule has 1 aromatic heterocycles. The molecule has 5 atom stereocenters. The molecule has 37 heavy (non-hydrogen) atoms. The van der Waals surface area contributed by atoms with E-state index in [9.17, 15) is 4.79 Å². The van der Waals surface area contributed by atoms with E-state index in [4.69, 9.17) is 9.53 Å². The lowest BCUT2D eigenvalue weighted by Gasteiger charge is -2.40. The summed E-state index contributed by atoms with van der Waals surface area (Å²) in [6.07, 6.45) is 11.2. The smallest absolute Gasteiger partial charge is 0.303 e. The molecular formula is C32H52O3SSi. The standard InChI is InChI=1S/C32H52O3SSi/c1-23(30-22-25-15-13-14-17-29(25)36-30)19-20-26-24(2)21-28(35-37(6,7)32(3,4)5)27(26)16-11-9-8-10-12-18-31(33)34/h13-15,17,22-24,26-28H,8-12,16,18-21H2,1-7H3,(H,33,34)/t23-,24-,26+,27-,28+/m1/s1. The molecule has 0 bridgehead atoms. The molecule has 1 fully saturated rings. The maximum Gasteiger partial charge on any atom is 0.303 e. The van der Waals surface area contributed by atoms with Crippen molar-refractivity contribution in [2.45, 2.75) is 129 Å². The molecule has 1 heterocycles. The fraction of sp³-hybridized carbons (Fsp3) is 0.719. The van der Waals surface area contributed by atoms with Gasteiger partial charge in [0.05, 0.1) is 0 Å². The Bertz CT molecular complexity index is 958. The topological polar surface area (TPSA) is 46.5 Å². The van der Waals surface area contributed by atoms with E-state index in [0.717, 1.165) is 25.2 Å². The van der Waals surface area contributed by atoms with Crippen molar-refractivity contribution < 1.29 is 14.3 Å². The van der Waals surface area contributed by atoms with E-state index in [0.29, 0.717) is 30.3 Å². The monoisotopic (exact) mass is 544 g/mol. The van der Waals surface area contributed by atoms with E-state index >= 15 is 0 Å². The van der Waals surface area contributed by atoms with Crippen molar-refractivity contribution in [1.29, 1.82) is 0 Å². The van der Waals surface area contributed by atoms with Gasteiger partial charge in [-0.25, -0.2) is 0 Å². The molecular weight excluding hydrogens is 493 g/mol. The molecule has 0 unspecified atom stereocenters. The number of aliphatic carboxylic acids is 1. The second kappa shape index (κ2) is 13.3. The summed E-state index contributed by atoms with van der Waals surface area (Å²) in [5.74, 6) is 2.03. The fourth-order valence-electron chi connectivity index (χ4n) is 6.02. The minimum absolute atomic E-state index is 0.235. The molecule has 0 aliphatic heterocycles. The number of fused-ring (bicyclic) bond motifs is 1. The zero-order valence-electron chi connectivity index (χ0n) is 24.5. The highest BCUT2D eigenvalue weighted by atomic mass is 32.1. The Morgan fingerprint density at radius 1 is 1.08 bits per heavy atom. The van der Waals surface area contributed by atoms with Crippen LogP contribution in [-0.4, -0.2) is 25.5 Å². The Hall–Kier alpha value is -1.17. The van der Waals surface area contributed by atoms with Gasteiger partial charge in [0.15, 0.2) is 8.32 Å². The van der Waals surface area contributed by atoms with Crippen molar-refractivity contribution in [3.63, 3.8) is 0 Å². The number of benzene rings is 1. The molecule has 3 rings (SSSR count). The summed E-state index contributed by atoms with van der Waals surface area (Å²) in [5.41, 5.74) is 0. The zero-order valence-corrected chi connectivity index (χ0v) is 26.3. The predicted octanol–water partition coefficient (Wildman–Crippen LogP) is 10.3. The summed E-state index contributed by atoms with van der Waals surface area (Å²) >= 11 is 1.97. The van der Waals surface area contributed by atoms with Crippen LogP contribution in [0.2, 0.25) is 18.1 Å². The van der Waals surface area contributed by atoms with Crippen LogP contribution in [0.1, 0.15) is 110 Å². The molecule has 0 radical (unpaired) electrons. The Morgan fingerprint density at radius 3 is 2.43 bits per heavy atom. The summed E-state index contributed by atoms with van der Waals surface area (Å²) in [6, 6.07) is 11.2. The lowest BCUT2D eigenvalue weighted by atomic mass is 9.81. The number of unbranched alkanes of at least 4 members (excludes halogenated alkanes) is 4. The van der Waals surface area contributed by atoms with Crippen LogP contribution in [0.3, 0.4) is 0 Å². The summed E-state index contributed by atoms with van der Waals surface area (Å²) in [6.45, 7) is 16.8. The number of carbonyl (C=O) groups is 1. The Kier molecular flexibility index (Phi) is 10.9. The van der Waals surface area contributed by atoms with E-state index in [2.05, 4.69) is 78.0 Å². The highest BCUT2D eigenvalue weighted by Crippen LogP contribution is 2.48. The van der Waals surface area contributed by atoms with Crippen LogP contribution < -0.4 is 0 Å². The third kappa shape index (κ3) is 8.40. The highest BCUT2D eigenvalue weighted by molar-refractivity contribution is 7.19. The first kappa shape index (κ1) is 30.4. The average Bonchev–Trinajstić information content (AvgIpc) is 3.36. The van der Waals surface area contributed by atoms with Crippen molar-refractivity contribution in [1.82, 2.24) is 0 Å². The number of carboxylic acid groups (broad SMARTS) is 1. The number of hydrogen-bond donors (Lipinski definition) is 1. The second-order valence-corrected chi connectivity index (χ2v) is 19.2. The molecule has 1 aliphatic rings. The average molecular weight is 545 g/mol. The van der Waals surface area contributed by atoms with Gasteiger partial charge in [-0.2, -0.15) is 0 Å². The zero-order chi connectivity index (χ0) is 27.2. The molecule has 2 aromatic rings. The Labute approximate surface area is 231 Å². The van der Waals surface area contributed by atoms with E-state index in [1.54, 1.807) is 0 Å². The van der Waals surface area contributed by atoms with Gasteiger partial charge in [0, 0.05) is 22.1 Å². The van der Waals surface area contributed by atoms with Crippen molar-refractivity contribution in [3.8, 4) is 0 Å². The van der Waals surface area contributed by atoms with Gasteiger partial charge in [-0.1, -0.05) is 78.5 Å². The van der Waals surface area contributed by atoms with E-state index in [-0.39, 0.29) is 5.04 Å². The van der Waals surface area contributed by atoms with Gasteiger partial charge in [-0.15, -0.1) is 11.3 Å². The van der Waals surface area contributed by atoms with Gasteiger partial charge in [0.1, 0.15) is 0 Å². The number of hydrogen-bond acceptors (Lipinski definition) is 3. The summed E-state index contributed by atoms with van der Waals surface area (Å²) < 4.78 is 8.51. The van der Waals surface area contributed by atoms with Crippen LogP contribution in [-0.2, 0) is 9.22 Å². The SMILES string of the molecule is C[C@H](CC[C@@H]1[C@@H](CCCCCCCC(=O)O)[C@@H](O[Si](C)(C)C(C)(C)C)C[C@H]1C)c1cc2ccccc2s1. The maximum absolute atomic E-state index is 10.8. The molecule has 1 aliphatic carbocycles. The molecule has 5 heteroatoms. The first-order chi connectivity index (χ1) is 17.4. The van der Waals surface area contributed by atoms with Crippen LogP contribution in [0.4, 0.5) is 0 Å². The lowest BCUT2D eigenvalue weighted by Crippen LogP contribution is -2.45. The van der Waals surface area contributed by atoms with Gasteiger partial charge in [-0.3, -0.25) is 4.79 Å². The van der Waals surface area contributed by atoms with E-state index in [1.807, 2.05) is 11.3 Å². The van der Waals surface area contributed by atoms with Gasteiger partial charge in [0.25, 0.3) is 0 Å². The van der Waals surface area contributed by atoms with Gasteiger partial charge in [0.2, 0.25) is 0 Å². The van der Waals surface area contributed by atoms with Crippen LogP contribution >= 0.6 is 11.3 Å². The lowest BCUT2D eigenvalue weighted by molar-refractivity contribution is -0.137. The highest BCUT2D eigenvalue weighted by Gasteiger charge is 2.46. The molecule has 3 nitrogen and oxygen atoms in total. The number of thiophene rings is 1. The van der Waals surface area contributed by atoms with E-state index in [1.165, 1.54) is 53.5 Å². The predicted molar refractivity (Wildman–Crippen MR) is 162 cm³/mol. The largest absolute Gasteiger partial charge is 0.481 e. The normalized spacial score (nSPS) is 23.5. The third-order valence-corrected chi connectivity index (χ3v) is 15.3. The summed E-state index contributed by atoms with van der Waals surface area (Å²) in [7, 11) is -1.82. The number of rotatable bonds is 14. The molecule has 1 saturated carbocycles. The molecule has 0 saturated heterocycles. The molecule has 1 aromatic carbocycles. The maximum atomic E-state index is 10.8. The summed E-state index contributed by atoms with van der Waals surface area (Å²) in [4.78, 5) is 12.3. The molecule has 0 spiro atoms. The van der Waals surface area contributed by atoms with E-state index < -0.39 is 14.3 Å². The van der Waals surface area contributed by atoms with Crippen LogP contribution in [0.5, 0.6) is 0 Å². The minimum Gasteiger partial charge on any atom is -0.481 e. The second-order valence-electron chi connectivity index (χ2n) is 13.3. The molecule has 1 N–H and O–H groups in total. The van der Waals surface area contributed by atoms with Crippen molar-refractivity contribution >= 4 is 35.7 Å². The van der Waals surface area contributed by atoms with Gasteiger partial charge < -0.3 is 9.53 Å². The number of carboxylic acids is 1. The van der Waals surface area contributed by atoms with Crippen molar-refractivity contribution in [2.75, 3.05) is 0 Å². The molecule has 0 amide bonds. The summed E-state index contributed by atoms with van der Waals surface area (Å²) in [5, 5.41) is 10.5. The first-order valence-corrected chi connectivity index (χ1v) is 18.5. The minimum atomic E-state index is -1.82. The van der Waals surface area contributed by atoms with Crippen molar-refractivity contribution in [2.24, 2.45) is 17.8 Å². The van der Waals surface area contributed by atoms with Crippen molar-refractivity contribution in [3.05, 3.63) is 35.2 Å². The first-order valence-electron chi connectivity index (χ1n) is 14.8. The van der Waals surface area contributed by atoms with Gasteiger partial charge in [-0.05, 0) is 91.4 Å². The Balaban J connectivity index is 1.63. The quantitative estimate of drug-likeness (QED) is 0.190. The van der Waals surface area contributed by atoms with Crippen LogP contribution in [0.15, 0.2) is 30.3 Å². The Morgan fingerprint density at radius 2 is 1.76 bits per heavy atom. The van der Waals surface area contributed by atoms with Gasteiger partial charge >= 0.3 is 5.97 Å². The third-order valence-electron chi connectivity index (χ3n) is 9.41. The van der Waals surface area contributed by atoms with Crippen LogP contribution in [0.25, 0.3) is 10.1 Å². The fourth-order valence-corrected chi connectivity index (χ4v) is 8.55. The molecule has 208 valence electrons.